The molecule has 6 heteroatoms. The van der Waals surface area contributed by atoms with Crippen molar-refractivity contribution in [1.82, 2.24) is 9.55 Å². The van der Waals surface area contributed by atoms with Crippen LogP contribution < -0.4 is 5.32 Å². The molecule has 6 rings (SSSR count). The molecule has 1 aliphatic rings. The maximum absolute atomic E-state index is 12.7. The van der Waals surface area contributed by atoms with Gasteiger partial charge < -0.3 is 4.57 Å². The number of nitrogens with one attached hydrogen (secondary N) is 1. The summed E-state index contributed by atoms with van der Waals surface area (Å²) >= 11 is 5.52. The molecule has 0 bridgehead atoms. The van der Waals surface area contributed by atoms with Crippen LogP contribution in [0.4, 0.5) is 5.13 Å². The number of rotatable bonds is 5. The summed E-state index contributed by atoms with van der Waals surface area (Å²) in [6, 6.07) is 30.4. The van der Waals surface area contributed by atoms with Gasteiger partial charge in [0.2, 0.25) is 0 Å². The van der Waals surface area contributed by atoms with Crippen molar-refractivity contribution < 1.29 is 4.79 Å². The third-order valence-electron chi connectivity index (χ3n) is 6.32. The highest BCUT2D eigenvalue weighted by Crippen LogP contribution is 2.47. The molecular weight excluding hydrogens is 518 g/mol. The number of carbonyl (C=O) groups is 1. The topological polar surface area (TPSA) is 46.9 Å². The Morgan fingerprint density at radius 1 is 0.914 bits per heavy atom. The van der Waals surface area contributed by atoms with E-state index in [9.17, 15) is 4.79 Å². The third-order valence-corrected chi connectivity index (χ3v) is 8.18. The molecule has 0 spiro atoms. The Balaban J connectivity index is 1.44. The standard InChI is InChI=1S/C29H22BrN3OS/c30-27-24-22(26(20-12-6-2-7-13-20)33(27)18-19-10-4-1-5-11-19)16-17-23-25(24)31-29(35-23)32-28(34)21-14-8-3-9-15-21/h1-15H,16-18H2,(H,31,32,34). The maximum Gasteiger partial charge on any atom is 0.257 e. The Bertz CT molecular complexity index is 1510. The lowest BCUT2D eigenvalue weighted by atomic mass is 9.93. The maximum atomic E-state index is 12.7. The summed E-state index contributed by atoms with van der Waals surface area (Å²) in [6.45, 7) is 0.760. The number of fused-ring (bicyclic) bond motifs is 3. The molecule has 172 valence electrons. The average Bonchev–Trinajstić information content (AvgIpc) is 3.43. The van der Waals surface area contributed by atoms with Crippen molar-refractivity contribution >= 4 is 38.3 Å². The zero-order chi connectivity index (χ0) is 23.8. The zero-order valence-electron chi connectivity index (χ0n) is 18.9. The zero-order valence-corrected chi connectivity index (χ0v) is 21.3. The van der Waals surface area contributed by atoms with Crippen molar-refractivity contribution in [2.45, 2.75) is 19.4 Å². The Labute approximate surface area is 216 Å². The molecule has 1 N–H and O–H groups in total. The summed E-state index contributed by atoms with van der Waals surface area (Å²) in [5.41, 5.74) is 7.70. The van der Waals surface area contributed by atoms with E-state index in [4.69, 9.17) is 4.98 Å². The van der Waals surface area contributed by atoms with Gasteiger partial charge in [0.1, 0.15) is 0 Å². The van der Waals surface area contributed by atoms with Gasteiger partial charge in [0.25, 0.3) is 5.91 Å². The van der Waals surface area contributed by atoms with Crippen molar-refractivity contribution in [3.63, 3.8) is 0 Å². The number of aryl methyl sites for hydroxylation is 1. The molecule has 0 aliphatic heterocycles. The van der Waals surface area contributed by atoms with E-state index in [0.29, 0.717) is 10.7 Å². The SMILES string of the molecule is O=C(Nc1nc2c(s1)CCc1c-2c(Br)n(Cc2ccccc2)c1-c1ccccc1)c1ccccc1. The molecule has 0 unspecified atom stereocenters. The summed E-state index contributed by atoms with van der Waals surface area (Å²) in [5.74, 6) is -0.136. The van der Waals surface area contributed by atoms with Crippen LogP contribution in [0.5, 0.6) is 0 Å². The number of hydrogen-bond donors (Lipinski definition) is 1. The monoisotopic (exact) mass is 539 g/mol. The van der Waals surface area contributed by atoms with Gasteiger partial charge >= 0.3 is 0 Å². The molecule has 0 saturated heterocycles. The lowest BCUT2D eigenvalue weighted by Gasteiger charge is -2.14. The van der Waals surface area contributed by atoms with Gasteiger partial charge in [0.15, 0.2) is 5.13 Å². The third kappa shape index (κ3) is 4.13. The Hall–Kier alpha value is -3.48. The van der Waals surface area contributed by atoms with Crippen LogP contribution in [0.25, 0.3) is 22.5 Å². The van der Waals surface area contributed by atoms with Gasteiger partial charge in [-0.3, -0.25) is 10.1 Å². The van der Waals surface area contributed by atoms with Crippen molar-refractivity contribution in [2.24, 2.45) is 0 Å². The van der Waals surface area contributed by atoms with E-state index in [0.717, 1.165) is 35.2 Å². The fourth-order valence-electron chi connectivity index (χ4n) is 4.73. The van der Waals surface area contributed by atoms with Crippen LogP contribution in [0.1, 0.15) is 26.4 Å². The van der Waals surface area contributed by atoms with Crippen molar-refractivity contribution in [3.8, 4) is 22.5 Å². The second-order valence-corrected chi connectivity index (χ2v) is 10.4. The molecule has 0 radical (unpaired) electrons. The van der Waals surface area contributed by atoms with E-state index in [1.54, 1.807) is 11.3 Å². The van der Waals surface area contributed by atoms with Crippen molar-refractivity contribution in [3.05, 3.63) is 117 Å². The minimum Gasteiger partial charge on any atom is -0.330 e. The van der Waals surface area contributed by atoms with Gasteiger partial charge in [-0.25, -0.2) is 4.98 Å². The molecule has 3 aromatic carbocycles. The fourth-order valence-corrected chi connectivity index (χ4v) is 6.42. The van der Waals surface area contributed by atoms with Gasteiger partial charge in [0.05, 0.1) is 16.0 Å². The lowest BCUT2D eigenvalue weighted by Crippen LogP contribution is -2.11. The Kier molecular flexibility index (Phi) is 5.84. The number of carbonyl (C=O) groups excluding carboxylic acids is 1. The molecular formula is C29H22BrN3OS. The number of benzene rings is 3. The van der Waals surface area contributed by atoms with Crippen LogP contribution >= 0.6 is 27.3 Å². The normalized spacial score (nSPS) is 12.1. The quantitative estimate of drug-likeness (QED) is 0.252. The van der Waals surface area contributed by atoms with E-state index >= 15 is 0 Å². The van der Waals surface area contributed by atoms with E-state index in [2.05, 4.69) is 80.4 Å². The van der Waals surface area contributed by atoms with Gasteiger partial charge in [-0.1, -0.05) is 78.9 Å². The van der Waals surface area contributed by atoms with E-state index in [-0.39, 0.29) is 5.91 Å². The smallest absolute Gasteiger partial charge is 0.257 e. The van der Waals surface area contributed by atoms with Gasteiger partial charge in [-0.2, -0.15) is 0 Å². The number of hydrogen-bond acceptors (Lipinski definition) is 3. The van der Waals surface area contributed by atoms with Crippen LogP contribution in [-0.4, -0.2) is 15.5 Å². The highest BCUT2D eigenvalue weighted by atomic mass is 79.9. The largest absolute Gasteiger partial charge is 0.330 e. The number of amides is 1. The second kappa shape index (κ2) is 9.29. The predicted molar refractivity (Wildman–Crippen MR) is 146 cm³/mol. The summed E-state index contributed by atoms with van der Waals surface area (Å²) in [6.07, 6.45) is 1.84. The minimum atomic E-state index is -0.136. The van der Waals surface area contributed by atoms with Gasteiger partial charge in [0, 0.05) is 22.5 Å². The lowest BCUT2D eigenvalue weighted by molar-refractivity contribution is 0.102. The molecule has 0 saturated carbocycles. The van der Waals surface area contributed by atoms with E-state index in [1.807, 2.05) is 36.4 Å². The van der Waals surface area contributed by atoms with E-state index < -0.39 is 0 Å². The highest BCUT2D eigenvalue weighted by molar-refractivity contribution is 9.10. The minimum absolute atomic E-state index is 0.136. The van der Waals surface area contributed by atoms with Crippen molar-refractivity contribution in [2.75, 3.05) is 5.32 Å². The molecule has 0 atom stereocenters. The molecule has 1 amide bonds. The number of halogens is 1. The molecule has 5 aromatic rings. The first-order valence-corrected chi connectivity index (χ1v) is 13.2. The van der Waals surface area contributed by atoms with Crippen LogP contribution in [-0.2, 0) is 19.4 Å². The highest BCUT2D eigenvalue weighted by Gasteiger charge is 2.31. The van der Waals surface area contributed by atoms with Crippen LogP contribution in [0.3, 0.4) is 0 Å². The first-order chi connectivity index (χ1) is 17.2. The number of nitrogens with zero attached hydrogens (tertiary/aromatic N) is 2. The predicted octanol–water partition coefficient (Wildman–Crippen LogP) is 7.44. The Morgan fingerprint density at radius 2 is 1.57 bits per heavy atom. The van der Waals surface area contributed by atoms with Gasteiger partial charge in [-0.05, 0) is 57.6 Å². The number of thiazole rings is 1. The first kappa shape index (κ1) is 22.0. The summed E-state index contributed by atoms with van der Waals surface area (Å²) in [4.78, 5) is 18.9. The summed E-state index contributed by atoms with van der Waals surface area (Å²) in [5, 5.41) is 3.64. The summed E-state index contributed by atoms with van der Waals surface area (Å²) < 4.78 is 3.38. The first-order valence-electron chi connectivity index (χ1n) is 11.6. The average molecular weight is 540 g/mol. The van der Waals surface area contributed by atoms with Crippen LogP contribution in [0.2, 0.25) is 0 Å². The number of aromatic nitrogens is 2. The molecule has 35 heavy (non-hydrogen) atoms. The van der Waals surface area contributed by atoms with E-state index in [1.165, 1.54) is 27.3 Å². The molecule has 4 nitrogen and oxygen atoms in total. The number of anilines is 1. The Morgan fingerprint density at radius 3 is 2.29 bits per heavy atom. The fraction of sp³-hybridized carbons (Fsp3) is 0.103. The van der Waals surface area contributed by atoms with Crippen molar-refractivity contribution in [1.29, 1.82) is 0 Å². The van der Waals surface area contributed by atoms with Crippen LogP contribution in [0.15, 0.2) is 95.6 Å². The molecule has 2 heterocycles. The van der Waals surface area contributed by atoms with Crippen LogP contribution in [0, 0.1) is 0 Å². The molecule has 2 aromatic heterocycles. The second-order valence-electron chi connectivity index (χ2n) is 8.54. The summed E-state index contributed by atoms with van der Waals surface area (Å²) in [7, 11) is 0. The van der Waals surface area contributed by atoms with Gasteiger partial charge in [-0.15, -0.1) is 11.3 Å². The molecule has 1 aliphatic carbocycles. The molecule has 0 fully saturated rings.